The molecule has 0 aromatic heterocycles. The smallest absolute Gasteiger partial charge is 0.222 e. The lowest BCUT2D eigenvalue weighted by Gasteiger charge is -2.34. The lowest BCUT2D eigenvalue weighted by Crippen LogP contribution is -2.46. The Morgan fingerprint density at radius 3 is 2.36 bits per heavy atom. The van der Waals surface area contributed by atoms with Gasteiger partial charge in [0, 0.05) is 45.6 Å². The van der Waals surface area contributed by atoms with Gasteiger partial charge in [0.1, 0.15) is 0 Å². The minimum atomic E-state index is 0. The van der Waals surface area contributed by atoms with Crippen LogP contribution in [0.2, 0.25) is 0 Å². The molecule has 25 heavy (non-hydrogen) atoms. The summed E-state index contributed by atoms with van der Waals surface area (Å²) in [6, 6.07) is 0. The fraction of sp³-hybridized carbons (Fsp3) is 0.824. The first kappa shape index (κ1) is 23.9. The molecule has 3 N–H and O–H groups in total. The molecule has 7 nitrogen and oxygen atoms in total. The predicted octanol–water partition coefficient (Wildman–Crippen LogP) is 1.19. The van der Waals surface area contributed by atoms with Crippen LogP contribution in [-0.4, -0.2) is 62.4 Å². The van der Waals surface area contributed by atoms with Crippen LogP contribution in [0.5, 0.6) is 0 Å². The van der Waals surface area contributed by atoms with Gasteiger partial charge in [-0.3, -0.25) is 14.6 Å². The third kappa shape index (κ3) is 9.27. The normalized spacial score (nSPS) is 15.6. The van der Waals surface area contributed by atoms with E-state index in [0.29, 0.717) is 25.4 Å². The minimum Gasteiger partial charge on any atom is -0.359 e. The van der Waals surface area contributed by atoms with Crippen molar-refractivity contribution in [3.05, 3.63) is 0 Å². The van der Waals surface area contributed by atoms with Gasteiger partial charge in [-0.05, 0) is 25.7 Å². The van der Waals surface area contributed by atoms with E-state index in [-0.39, 0.29) is 41.7 Å². The molecule has 0 aromatic carbocycles. The highest BCUT2D eigenvalue weighted by molar-refractivity contribution is 14.0. The van der Waals surface area contributed by atoms with Crippen LogP contribution >= 0.6 is 24.0 Å². The number of amides is 2. The van der Waals surface area contributed by atoms with Crippen molar-refractivity contribution in [1.82, 2.24) is 20.9 Å². The molecular formula is C17H34IN5O2. The van der Waals surface area contributed by atoms with E-state index < -0.39 is 0 Å². The van der Waals surface area contributed by atoms with Crippen LogP contribution < -0.4 is 16.0 Å². The third-order valence-electron chi connectivity index (χ3n) is 4.20. The van der Waals surface area contributed by atoms with Gasteiger partial charge < -0.3 is 20.9 Å². The summed E-state index contributed by atoms with van der Waals surface area (Å²) in [7, 11) is 1.69. The highest BCUT2D eigenvalue weighted by Gasteiger charge is 2.22. The molecule has 1 aliphatic heterocycles. The molecule has 0 bridgehead atoms. The molecule has 0 aromatic rings. The van der Waals surface area contributed by atoms with Crippen LogP contribution in [0.4, 0.5) is 0 Å². The molecule has 1 aliphatic rings. The number of hydrogen-bond donors (Lipinski definition) is 3. The maximum atomic E-state index is 11.5. The largest absolute Gasteiger partial charge is 0.359 e. The van der Waals surface area contributed by atoms with Gasteiger partial charge in [-0.25, -0.2) is 0 Å². The van der Waals surface area contributed by atoms with Crippen molar-refractivity contribution < 1.29 is 9.59 Å². The van der Waals surface area contributed by atoms with E-state index in [0.717, 1.165) is 38.4 Å². The number of halogens is 1. The zero-order chi connectivity index (χ0) is 17.9. The Kier molecular flexibility index (Phi) is 12.6. The van der Waals surface area contributed by atoms with Crippen molar-refractivity contribution in [2.24, 2.45) is 16.8 Å². The Morgan fingerprint density at radius 1 is 1.20 bits per heavy atom. The summed E-state index contributed by atoms with van der Waals surface area (Å²) in [5, 5.41) is 8.89. The molecule has 1 heterocycles. The highest BCUT2D eigenvalue weighted by atomic mass is 127. The molecule has 8 heteroatoms. The van der Waals surface area contributed by atoms with Gasteiger partial charge in [-0.1, -0.05) is 13.8 Å². The number of piperidine rings is 1. The quantitative estimate of drug-likeness (QED) is 0.227. The average Bonchev–Trinajstić information content (AvgIpc) is 2.58. The summed E-state index contributed by atoms with van der Waals surface area (Å²) in [4.78, 5) is 29.9. The van der Waals surface area contributed by atoms with Gasteiger partial charge >= 0.3 is 0 Å². The molecule has 0 aliphatic carbocycles. The number of hydrogen-bond acceptors (Lipinski definition) is 3. The van der Waals surface area contributed by atoms with Gasteiger partial charge in [0.25, 0.3) is 0 Å². The number of aliphatic imine (C=N–C) groups is 1. The number of nitrogens with one attached hydrogen (secondary N) is 3. The standard InChI is InChI=1S/C17H33N5O2.HI/c1-5-19-17(21-9-8-20-16(24)13(2)3)22-10-6-14(7-11-22)12-15(23)18-4;/h13-14H,5-12H2,1-4H3,(H,18,23)(H,19,21)(H,20,24);1H. The second-order valence-electron chi connectivity index (χ2n) is 6.49. The van der Waals surface area contributed by atoms with Crippen LogP contribution in [-0.2, 0) is 9.59 Å². The molecule has 0 radical (unpaired) electrons. The number of carbonyl (C=O) groups is 2. The SMILES string of the molecule is CCNC(=NCCNC(=O)C(C)C)N1CCC(CC(=O)NC)CC1.I. The van der Waals surface area contributed by atoms with Crippen molar-refractivity contribution in [1.29, 1.82) is 0 Å². The average molecular weight is 467 g/mol. The summed E-state index contributed by atoms with van der Waals surface area (Å²) in [6.45, 7) is 9.57. The van der Waals surface area contributed by atoms with Crippen LogP contribution in [0, 0.1) is 11.8 Å². The molecule has 1 fully saturated rings. The zero-order valence-electron chi connectivity index (χ0n) is 15.9. The maximum absolute atomic E-state index is 11.5. The summed E-state index contributed by atoms with van der Waals surface area (Å²) in [5.41, 5.74) is 0. The van der Waals surface area contributed by atoms with E-state index in [4.69, 9.17) is 0 Å². The van der Waals surface area contributed by atoms with Crippen molar-refractivity contribution in [3.63, 3.8) is 0 Å². The molecular weight excluding hydrogens is 433 g/mol. The fourth-order valence-electron chi connectivity index (χ4n) is 2.68. The number of likely N-dealkylation sites (tertiary alicyclic amines) is 1. The molecule has 0 atom stereocenters. The van der Waals surface area contributed by atoms with Crippen LogP contribution in [0.15, 0.2) is 4.99 Å². The van der Waals surface area contributed by atoms with Crippen LogP contribution in [0.3, 0.4) is 0 Å². The first-order chi connectivity index (χ1) is 11.5. The maximum Gasteiger partial charge on any atom is 0.222 e. The molecule has 2 amide bonds. The molecule has 1 saturated heterocycles. The molecule has 1 rings (SSSR count). The van der Waals surface area contributed by atoms with E-state index in [9.17, 15) is 9.59 Å². The summed E-state index contributed by atoms with van der Waals surface area (Å²) >= 11 is 0. The summed E-state index contributed by atoms with van der Waals surface area (Å²) in [5.74, 6) is 1.53. The zero-order valence-corrected chi connectivity index (χ0v) is 18.3. The number of nitrogens with zero attached hydrogens (tertiary/aromatic N) is 2. The Labute approximate surface area is 168 Å². The highest BCUT2D eigenvalue weighted by Crippen LogP contribution is 2.20. The Morgan fingerprint density at radius 2 is 1.84 bits per heavy atom. The first-order valence-electron chi connectivity index (χ1n) is 8.99. The molecule has 0 saturated carbocycles. The number of carbonyl (C=O) groups excluding carboxylic acids is 2. The molecule has 0 spiro atoms. The van der Waals surface area contributed by atoms with Crippen LogP contribution in [0.1, 0.15) is 40.0 Å². The Bertz CT molecular complexity index is 435. The Hall–Kier alpha value is -1.06. The van der Waals surface area contributed by atoms with Crippen molar-refractivity contribution >= 4 is 41.8 Å². The molecule has 146 valence electrons. The van der Waals surface area contributed by atoms with Crippen molar-refractivity contribution in [2.75, 3.05) is 39.8 Å². The number of rotatable bonds is 7. The fourth-order valence-corrected chi connectivity index (χ4v) is 2.68. The monoisotopic (exact) mass is 467 g/mol. The lowest BCUT2D eigenvalue weighted by molar-refractivity contribution is -0.124. The van der Waals surface area contributed by atoms with Gasteiger partial charge in [0.05, 0.1) is 6.54 Å². The number of guanidine groups is 1. The van der Waals surface area contributed by atoms with E-state index in [1.165, 1.54) is 0 Å². The summed E-state index contributed by atoms with van der Waals surface area (Å²) < 4.78 is 0. The topological polar surface area (TPSA) is 85.8 Å². The van der Waals surface area contributed by atoms with Gasteiger partial charge in [-0.15, -0.1) is 24.0 Å². The summed E-state index contributed by atoms with van der Waals surface area (Å²) in [6.07, 6.45) is 2.61. The van der Waals surface area contributed by atoms with Crippen LogP contribution in [0.25, 0.3) is 0 Å². The van der Waals surface area contributed by atoms with E-state index >= 15 is 0 Å². The second-order valence-corrected chi connectivity index (χ2v) is 6.49. The second kappa shape index (κ2) is 13.2. The van der Waals surface area contributed by atoms with Crippen molar-refractivity contribution in [2.45, 2.75) is 40.0 Å². The van der Waals surface area contributed by atoms with Gasteiger partial charge in [0.2, 0.25) is 11.8 Å². The lowest BCUT2D eigenvalue weighted by atomic mass is 9.93. The van der Waals surface area contributed by atoms with Crippen molar-refractivity contribution in [3.8, 4) is 0 Å². The predicted molar refractivity (Wildman–Crippen MR) is 112 cm³/mol. The van der Waals surface area contributed by atoms with Gasteiger partial charge in [-0.2, -0.15) is 0 Å². The minimum absolute atomic E-state index is 0. The first-order valence-corrected chi connectivity index (χ1v) is 8.99. The van der Waals surface area contributed by atoms with E-state index in [1.54, 1.807) is 7.05 Å². The van der Waals surface area contributed by atoms with Gasteiger partial charge in [0.15, 0.2) is 5.96 Å². The van der Waals surface area contributed by atoms with E-state index in [2.05, 4.69) is 25.8 Å². The Balaban J connectivity index is 0.00000576. The van der Waals surface area contributed by atoms with E-state index in [1.807, 2.05) is 20.8 Å². The third-order valence-corrected chi connectivity index (χ3v) is 4.20. The molecule has 0 unspecified atom stereocenters.